The first-order valence-corrected chi connectivity index (χ1v) is 8.93. The molecule has 0 spiro atoms. The smallest absolute Gasteiger partial charge is 0.401 e. The van der Waals surface area contributed by atoms with Crippen LogP contribution in [0.25, 0.3) is 21.9 Å². The second kappa shape index (κ2) is 8.12. The molecule has 3 rings (SSSR count). The van der Waals surface area contributed by atoms with Crippen LogP contribution in [0.1, 0.15) is 24.5 Å². The molecule has 29 heavy (non-hydrogen) atoms. The summed E-state index contributed by atoms with van der Waals surface area (Å²) < 4.78 is 69.7. The summed E-state index contributed by atoms with van der Waals surface area (Å²) in [5.41, 5.74) is 2.07. The van der Waals surface area contributed by atoms with Gasteiger partial charge in [0.05, 0.1) is 5.56 Å². The molecule has 0 saturated heterocycles. The number of hydrogen-bond donors (Lipinski definition) is 0. The Morgan fingerprint density at radius 2 is 1.69 bits per heavy atom. The van der Waals surface area contributed by atoms with E-state index in [1.165, 1.54) is 12.1 Å². The van der Waals surface area contributed by atoms with Crippen LogP contribution < -0.4 is 4.74 Å². The Morgan fingerprint density at radius 3 is 2.28 bits per heavy atom. The van der Waals surface area contributed by atoms with Gasteiger partial charge in [-0.3, -0.25) is 0 Å². The molecule has 3 aromatic carbocycles. The minimum atomic E-state index is -5.06. The summed E-state index contributed by atoms with van der Waals surface area (Å²) >= 11 is 0. The molecule has 0 aliphatic rings. The van der Waals surface area contributed by atoms with Gasteiger partial charge in [-0.05, 0) is 40.6 Å². The quantitative estimate of drug-likeness (QED) is 0.335. The third kappa shape index (κ3) is 4.68. The van der Waals surface area contributed by atoms with E-state index in [0.29, 0.717) is 18.2 Å². The van der Waals surface area contributed by atoms with E-state index in [2.05, 4.69) is 4.74 Å². The SMILES string of the molecule is C#Cc1cc2cc(-c3ccc(CC(F)CC)cc3)ccc2c(F)c1OC(F)(F)F. The number of fused-ring (bicyclic) bond motifs is 1. The zero-order valence-corrected chi connectivity index (χ0v) is 15.5. The Kier molecular flexibility index (Phi) is 5.78. The van der Waals surface area contributed by atoms with E-state index in [-0.39, 0.29) is 10.9 Å². The van der Waals surface area contributed by atoms with E-state index in [1.807, 2.05) is 30.2 Å². The maximum Gasteiger partial charge on any atom is 0.573 e. The highest BCUT2D eigenvalue weighted by Gasteiger charge is 2.34. The highest BCUT2D eigenvalue weighted by atomic mass is 19.4. The van der Waals surface area contributed by atoms with Crippen LogP contribution in [0.5, 0.6) is 5.75 Å². The van der Waals surface area contributed by atoms with E-state index in [0.717, 1.165) is 16.7 Å². The van der Waals surface area contributed by atoms with E-state index in [1.54, 1.807) is 19.1 Å². The molecule has 0 heterocycles. The summed E-state index contributed by atoms with van der Waals surface area (Å²) in [5.74, 6) is -0.135. The molecular weight excluding hydrogens is 387 g/mol. The van der Waals surface area contributed by atoms with E-state index in [9.17, 15) is 22.0 Å². The van der Waals surface area contributed by atoms with Crippen molar-refractivity contribution < 1.29 is 26.7 Å². The van der Waals surface area contributed by atoms with Gasteiger partial charge in [0.25, 0.3) is 0 Å². The van der Waals surface area contributed by atoms with E-state index >= 15 is 0 Å². The van der Waals surface area contributed by atoms with Gasteiger partial charge in [0.2, 0.25) is 0 Å². The minimum Gasteiger partial charge on any atom is -0.401 e. The summed E-state index contributed by atoms with van der Waals surface area (Å²) in [6.45, 7) is 1.78. The fourth-order valence-corrected chi connectivity index (χ4v) is 3.08. The maximum absolute atomic E-state index is 14.6. The fourth-order valence-electron chi connectivity index (χ4n) is 3.08. The standard InChI is InChI=1S/C23H17F5O/c1-3-15-12-18-13-17(16-7-5-14(6-8-16)11-19(24)4-2)9-10-20(18)21(25)22(15)29-23(26,27)28/h1,5-10,12-13,19H,4,11H2,2H3. The largest absolute Gasteiger partial charge is 0.573 e. The van der Waals surface area contributed by atoms with Crippen molar-refractivity contribution in [3.05, 3.63) is 65.5 Å². The highest BCUT2D eigenvalue weighted by Crippen LogP contribution is 2.36. The number of ether oxygens (including phenoxy) is 1. The molecule has 6 heteroatoms. The summed E-state index contributed by atoms with van der Waals surface area (Å²) in [4.78, 5) is 0. The van der Waals surface area contributed by atoms with Gasteiger partial charge in [0.15, 0.2) is 11.6 Å². The molecular formula is C23H17F5O. The number of rotatable bonds is 5. The maximum atomic E-state index is 14.6. The molecule has 0 radical (unpaired) electrons. The van der Waals surface area contributed by atoms with Gasteiger partial charge in [-0.15, -0.1) is 19.6 Å². The van der Waals surface area contributed by atoms with Crippen molar-refractivity contribution in [2.45, 2.75) is 32.3 Å². The summed E-state index contributed by atoms with van der Waals surface area (Å²) in [6, 6.07) is 13.2. The van der Waals surface area contributed by atoms with Crippen LogP contribution in [0.15, 0.2) is 48.5 Å². The van der Waals surface area contributed by atoms with E-state index in [4.69, 9.17) is 6.42 Å². The summed E-state index contributed by atoms with van der Waals surface area (Å²) in [5, 5.41) is 0.313. The van der Waals surface area contributed by atoms with Crippen LogP contribution in [0.2, 0.25) is 0 Å². The monoisotopic (exact) mass is 404 g/mol. The van der Waals surface area contributed by atoms with Crippen LogP contribution in [-0.2, 0) is 6.42 Å². The van der Waals surface area contributed by atoms with Gasteiger partial charge in [0, 0.05) is 11.8 Å². The van der Waals surface area contributed by atoms with Gasteiger partial charge in [-0.25, -0.2) is 8.78 Å². The molecule has 1 atom stereocenters. The van der Waals surface area contributed by atoms with Crippen LogP contribution >= 0.6 is 0 Å². The molecule has 1 nitrogen and oxygen atoms in total. The number of hydrogen-bond acceptors (Lipinski definition) is 1. The molecule has 0 fully saturated rings. The van der Waals surface area contributed by atoms with Crippen molar-refractivity contribution in [1.29, 1.82) is 0 Å². The van der Waals surface area contributed by atoms with Crippen LogP contribution in [-0.4, -0.2) is 12.5 Å². The zero-order chi connectivity index (χ0) is 21.2. The van der Waals surface area contributed by atoms with Gasteiger partial charge >= 0.3 is 6.36 Å². The number of alkyl halides is 4. The first kappa shape index (κ1) is 20.7. The molecule has 0 bridgehead atoms. The molecule has 150 valence electrons. The normalized spacial score (nSPS) is 12.6. The Morgan fingerprint density at radius 1 is 1.03 bits per heavy atom. The fraction of sp³-hybridized carbons (Fsp3) is 0.217. The summed E-state index contributed by atoms with van der Waals surface area (Å²) in [6.07, 6.45) is 0.0580. The number of halogens is 5. The molecule has 1 unspecified atom stereocenters. The summed E-state index contributed by atoms with van der Waals surface area (Å²) in [7, 11) is 0. The zero-order valence-electron chi connectivity index (χ0n) is 15.5. The predicted octanol–water partition coefficient (Wildman–Crippen LogP) is 6.82. The van der Waals surface area contributed by atoms with Crippen LogP contribution in [0.3, 0.4) is 0 Å². The molecule has 0 aliphatic carbocycles. The van der Waals surface area contributed by atoms with Gasteiger partial charge in [-0.1, -0.05) is 49.2 Å². The van der Waals surface area contributed by atoms with E-state index < -0.39 is 24.1 Å². The molecule has 0 N–H and O–H groups in total. The van der Waals surface area contributed by atoms with Crippen molar-refractivity contribution in [1.82, 2.24) is 0 Å². The number of terminal acetylenes is 1. The number of benzene rings is 3. The molecule has 3 aromatic rings. The lowest BCUT2D eigenvalue weighted by Gasteiger charge is -2.14. The van der Waals surface area contributed by atoms with Crippen molar-refractivity contribution in [2.75, 3.05) is 0 Å². The second-order valence-electron chi connectivity index (χ2n) is 6.60. The first-order chi connectivity index (χ1) is 13.7. The molecule has 0 aliphatic heterocycles. The lowest BCUT2D eigenvalue weighted by Crippen LogP contribution is -2.19. The second-order valence-corrected chi connectivity index (χ2v) is 6.60. The lowest BCUT2D eigenvalue weighted by atomic mass is 9.97. The van der Waals surface area contributed by atoms with Gasteiger partial charge in [-0.2, -0.15) is 0 Å². The highest BCUT2D eigenvalue weighted by molar-refractivity contribution is 5.90. The lowest BCUT2D eigenvalue weighted by molar-refractivity contribution is -0.275. The average Bonchev–Trinajstić information content (AvgIpc) is 2.69. The molecule has 0 saturated carbocycles. The molecule has 0 aromatic heterocycles. The third-order valence-corrected chi connectivity index (χ3v) is 4.59. The van der Waals surface area contributed by atoms with Gasteiger partial charge < -0.3 is 4.74 Å². The topological polar surface area (TPSA) is 9.23 Å². The molecule has 0 amide bonds. The Hall–Kier alpha value is -3.07. The van der Waals surface area contributed by atoms with Crippen LogP contribution in [0, 0.1) is 18.2 Å². The Balaban J connectivity index is 2.00. The Labute approximate surface area is 165 Å². The first-order valence-electron chi connectivity index (χ1n) is 8.93. The predicted molar refractivity (Wildman–Crippen MR) is 103 cm³/mol. The average molecular weight is 404 g/mol. The minimum absolute atomic E-state index is 0.0353. The van der Waals surface area contributed by atoms with Crippen LogP contribution in [0.4, 0.5) is 22.0 Å². The van der Waals surface area contributed by atoms with Crippen molar-refractivity contribution >= 4 is 10.8 Å². The van der Waals surface area contributed by atoms with Crippen molar-refractivity contribution in [3.63, 3.8) is 0 Å². The van der Waals surface area contributed by atoms with Gasteiger partial charge in [0.1, 0.15) is 6.17 Å². The van der Waals surface area contributed by atoms with Crippen molar-refractivity contribution in [3.8, 4) is 29.2 Å². The Bertz CT molecular complexity index is 1060. The third-order valence-electron chi connectivity index (χ3n) is 4.59. The van der Waals surface area contributed by atoms with Crippen molar-refractivity contribution in [2.24, 2.45) is 0 Å².